The Bertz CT molecular complexity index is 496. The summed E-state index contributed by atoms with van der Waals surface area (Å²) in [6, 6.07) is 7.42. The quantitative estimate of drug-likeness (QED) is 0.289. The molecule has 0 aliphatic carbocycles. The molecule has 0 amide bonds. The van der Waals surface area contributed by atoms with E-state index >= 15 is 0 Å². The first-order chi connectivity index (χ1) is 6.61. The molecule has 5 N–H and O–H groups in total. The summed E-state index contributed by atoms with van der Waals surface area (Å²) in [6.07, 6.45) is 0. The molecule has 0 unspecified atom stereocenters. The second-order valence-electron chi connectivity index (χ2n) is 2.22. The molecular weight excluding hydrogens is 321 g/mol. The second kappa shape index (κ2) is 11.1. The minimum atomic E-state index is -4.92. The Kier molecular flexibility index (Phi) is 16.5. The SMILES string of the molecule is Cl.N.O=S(=O)(O)c1ccccc1.O=S(=O)([O-])O.[Na+]. The molecule has 18 heavy (non-hydrogen) atoms. The number of rotatable bonds is 1. The van der Waals surface area contributed by atoms with Gasteiger partial charge in [0.25, 0.3) is 10.1 Å². The molecule has 1 aromatic carbocycles. The third kappa shape index (κ3) is 18.6. The number of hydrogen-bond acceptors (Lipinski definition) is 6. The standard InChI is InChI=1S/C6H6O3S.ClH.H3N.Na.H2O4S/c7-10(8,9)6-4-2-1-3-5-6;;;;1-5(2,3)4/h1-5H,(H,7,8,9);1H;1H3;;(H2,1,2,3,4)/q;;;+1;/p-1. The van der Waals surface area contributed by atoms with E-state index in [0.29, 0.717) is 0 Å². The van der Waals surface area contributed by atoms with Gasteiger partial charge in [-0.25, -0.2) is 8.42 Å². The van der Waals surface area contributed by atoms with Gasteiger partial charge in [-0.2, -0.15) is 8.42 Å². The Balaban J connectivity index is -0.000000109. The molecule has 0 saturated carbocycles. The summed E-state index contributed by atoms with van der Waals surface area (Å²) in [7, 11) is -8.92. The summed E-state index contributed by atoms with van der Waals surface area (Å²) in [4.78, 5) is -0.0741. The number of benzene rings is 1. The maximum atomic E-state index is 10.4. The fourth-order valence-corrected chi connectivity index (χ4v) is 1.09. The molecule has 1 rings (SSSR count). The molecule has 1 aromatic rings. The van der Waals surface area contributed by atoms with Gasteiger partial charge in [-0.05, 0) is 12.1 Å². The Labute approximate surface area is 133 Å². The van der Waals surface area contributed by atoms with Crippen LogP contribution in [0.1, 0.15) is 0 Å². The molecule has 0 spiro atoms. The molecule has 0 radical (unpaired) electrons. The van der Waals surface area contributed by atoms with Gasteiger partial charge in [-0.3, -0.25) is 9.11 Å². The van der Waals surface area contributed by atoms with Crippen molar-refractivity contribution < 1.29 is 60.1 Å². The fourth-order valence-electron chi connectivity index (χ4n) is 0.592. The van der Waals surface area contributed by atoms with Crippen molar-refractivity contribution in [1.82, 2.24) is 6.15 Å². The minimum absolute atomic E-state index is 0. The van der Waals surface area contributed by atoms with E-state index in [2.05, 4.69) is 0 Å². The molecule has 0 fully saturated rings. The minimum Gasteiger partial charge on any atom is -0.726 e. The summed E-state index contributed by atoms with van der Waals surface area (Å²) in [5.74, 6) is 0. The van der Waals surface area contributed by atoms with E-state index in [1.54, 1.807) is 18.2 Å². The Morgan fingerprint density at radius 1 is 0.944 bits per heavy atom. The van der Waals surface area contributed by atoms with E-state index in [9.17, 15) is 8.42 Å². The fraction of sp³-hybridized carbons (Fsp3) is 0. The zero-order valence-corrected chi connectivity index (χ0v) is 13.7. The molecule has 0 bridgehead atoms. The van der Waals surface area contributed by atoms with Gasteiger partial charge in [0, 0.05) is 0 Å². The van der Waals surface area contributed by atoms with E-state index in [4.69, 9.17) is 22.1 Å². The number of halogens is 1. The summed E-state index contributed by atoms with van der Waals surface area (Å²) < 4.78 is 62.1. The van der Waals surface area contributed by atoms with Crippen LogP contribution in [0.25, 0.3) is 0 Å². The maximum absolute atomic E-state index is 10.4. The van der Waals surface area contributed by atoms with Crippen molar-refractivity contribution in [2.75, 3.05) is 0 Å². The molecule has 0 atom stereocenters. The van der Waals surface area contributed by atoms with Gasteiger partial charge in [-0.15, -0.1) is 12.4 Å². The van der Waals surface area contributed by atoms with Crippen LogP contribution in [0.5, 0.6) is 0 Å². The van der Waals surface area contributed by atoms with E-state index in [1.807, 2.05) is 0 Å². The largest absolute Gasteiger partial charge is 1.00 e. The van der Waals surface area contributed by atoms with Gasteiger partial charge in [0.15, 0.2) is 0 Å². The van der Waals surface area contributed by atoms with E-state index in [-0.39, 0.29) is 53.0 Å². The van der Waals surface area contributed by atoms with Crippen LogP contribution in [-0.2, 0) is 20.5 Å². The van der Waals surface area contributed by atoms with Crippen LogP contribution < -0.4 is 35.7 Å². The van der Waals surface area contributed by atoms with Crippen LogP contribution in [0.15, 0.2) is 35.2 Å². The van der Waals surface area contributed by atoms with Gasteiger partial charge in [0.1, 0.15) is 0 Å². The van der Waals surface area contributed by atoms with Crippen LogP contribution in [-0.4, -0.2) is 30.5 Å². The van der Waals surface area contributed by atoms with Gasteiger partial charge in [0.05, 0.1) is 4.90 Å². The van der Waals surface area contributed by atoms with Gasteiger partial charge < -0.3 is 10.7 Å². The summed E-state index contributed by atoms with van der Waals surface area (Å²) in [6.45, 7) is 0. The second-order valence-corrected chi connectivity index (χ2v) is 4.49. The molecule has 0 aromatic heterocycles. The summed E-state index contributed by atoms with van der Waals surface area (Å²) in [5, 5.41) is 0. The van der Waals surface area contributed by atoms with Gasteiger partial charge in [0.2, 0.25) is 10.4 Å². The average Bonchev–Trinajstić information content (AvgIpc) is 2.01. The third-order valence-corrected chi connectivity index (χ3v) is 1.91. The van der Waals surface area contributed by atoms with Crippen molar-refractivity contribution in [3.05, 3.63) is 30.3 Å². The molecule has 0 aliphatic rings. The van der Waals surface area contributed by atoms with Crippen molar-refractivity contribution >= 4 is 32.9 Å². The Morgan fingerprint density at radius 2 is 1.22 bits per heavy atom. The van der Waals surface area contributed by atoms with Crippen LogP contribution in [0.2, 0.25) is 0 Å². The Hall–Kier alpha value is 0.250. The van der Waals surface area contributed by atoms with Crippen molar-refractivity contribution in [2.24, 2.45) is 0 Å². The zero-order chi connectivity index (χ0) is 12.1. The Morgan fingerprint density at radius 3 is 1.39 bits per heavy atom. The van der Waals surface area contributed by atoms with E-state index < -0.39 is 20.5 Å². The first-order valence-corrected chi connectivity index (χ1v) is 6.12. The van der Waals surface area contributed by atoms with Crippen LogP contribution in [0.3, 0.4) is 0 Å². The number of hydrogen-bond donors (Lipinski definition) is 3. The van der Waals surface area contributed by atoms with Crippen LogP contribution in [0.4, 0.5) is 0 Å². The van der Waals surface area contributed by atoms with Gasteiger partial charge >= 0.3 is 29.6 Å². The molecule has 0 aliphatic heterocycles. The molecule has 0 heterocycles. The van der Waals surface area contributed by atoms with Crippen molar-refractivity contribution in [3.8, 4) is 0 Å². The molecule has 102 valence electrons. The molecule has 8 nitrogen and oxygen atoms in total. The predicted molar refractivity (Wildman–Crippen MR) is 60.9 cm³/mol. The normalized spacial score (nSPS) is 9.50. The van der Waals surface area contributed by atoms with Gasteiger partial charge in [-0.1, -0.05) is 18.2 Å². The summed E-state index contributed by atoms with van der Waals surface area (Å²) >= 11 is 0. The van der Waals surface area contributed by atoms with Crippen LogP contribution >= 0.6 is 12.4 Å². The van der Waals surface area contributed by atoms with Crippen molar-refractivity contribution in [2.45, 2.75) is 4.90 Å². The predicted octanol–water partition coefficient (Wildman–Crippen LogP) is -2.47. The monoisotopic (exact) mass is 331 g/mol. The first kappa shape index (κ1) is 26.7. The maximum Gasteiger partial charge on any atom is 1.00 e. The first-order valence-electron chi connectivity index (χ1n) is 3.31. The topological polar surface area (TPSA) is 167 Å². The summed E-state index contributed by atoms with van der Waals surface area (Å²) in [5.41, 5.74) is 0. The van der Waals surface area contributed by atoms with Crippen molar-refractivity contribution in [3.63, 3.8) is 0 Å². The van der Waals surface area contributed by atoms with Crippen LogP contribution in [0, 0.1) is 0 Å². The third-order valence-electron chi connectivity index (χ3n) is 1.04. The molecule has 0 saturated heterocycles. The molecule has 12 heteroatoms. The zero-order valence-electron chi connectivity index (χ0n) is 9.25. The molecular formula is C6H11ClNNaO7S2. The van der Waals surface area contributed by atoms with E-state index in [0.717, 1.165) is 0 Å². The average molecular weight is 332 g/mol. The van der Waals surface area contributed by atoms with Crippen molar-refractivity contribution in [1.29, 1.82) is 0 Å². The smallest absolute Gasteiger partial charge is 0.726 e. The van der Waals surface area contributed by atoms with E-state index in [1.165, 1.54) is 12.1 Å².